The molecule has 1 aromatic rings. The fourth-order valence-corrected chi connectivity index (χ4v) is 2.39. The van der Waals surface area contributed by atoms with Crippen molar-refractivity contribution in [1.82, 2.24) is 4.90 Å². The predicted molar refractivity (Wildman–Crippen MR) is 98.9 cm³/mol. The van der Waals surface area contributed by atoms with Gasteiger partial charge in [-0.25, -0.2) is 5.01 Å². The molecular formula is C17H23BrF3N3O. The van der Waals surface area contributed by atoms with Gasteiger partial charge in [-0.1, -0.05) is 20.4 Å². The minimum absolute atomic E-state index is 0.277. The Morgan fingerprint density at radius 1 is 1.16 bits per heavy atom. The molecular weight excluding hydrogens is 399 g/mol. The highest BCUT2D eigenvalue weighted by atomic mass is 79.9. The van der Waals surface area contributed by atoms with Gasteiger partial charge in [0.05, 0.1) is 5.69 Å². The van der Waals surface area contributed by atoms with Gasteiger partial charge in [-0.15, -0.1) is 13.2 Å². The molecule has 0 bridgehead atoms. The van der Waals surface area contributed by atoms with Crippen LogP contribution in [0.1, 0.15) is 33.6 Å². The number of hydrazone groups is 1. The average molecular weight is 422 g/mol. The van der Waals surface area contributed by atoms with Crippen LogP contribution in [0.15, 0.2) is 41.8 Å². The van der Waals surface area contributed by atoms with Gasteiger partial charge in [0.15, 0.2) is 0 Å². The molecule has 4 nitrogen and oxygen atoms in total. The molecule has 0 saturated heterocycles. The van der Waals surface area contributed by atoms with E-state index in [2.05, 4.69) is 51.1 Å². The standard InChI is InChI=1S/C17H23BrF3N3O/c1-5-11-23(12-6-2)14(4)24(22-13(3)18)15-7-9-16(10-8-15)25-17(19,20)21/h7-10H,4-6,11-12H2,1-3H3/b22-13+. The van der Waals surface area contributed by atoms with Crippen molar-refractivity contribution < 1.29 is 17.9 Å². The molecule has 0 radical (unpaired) electrons. The van der Waals surface area contributed by atoms with Gasteiger partial charge in [-0.2, -0.15) is 5.10 Å². The lowest BCUT2D eigenvalue weighted by molar-refractivity contribution is -0.274. The van der Waals surface area contributed by atoms with Gasteiger partial charge in [0.25, 0.3) is 0 Å². The van der Waals surface area contributed by atoms with E-state index in [9.17, 15) is 13.2 Å². The van der Waals surface area contributed by atoms with E-state index in [1.807, 2.05) is 0 Å². The van der Waals surface area contributed by atoms with E-state index in [-0.39, 0.29) is 5.75 Å². The second-order valence-electron chi connectivity index (χ2n) is 5.35. The van der Waals surface area contributed by atoms with Gasteiger partial charge in [0, 0.05) is 13.1 Å². The van der Waals surface area contributed by atoms with Crippen LogP contribution in [0, 0.1) is 0 Å². The molecule has 0 aromatic heterocycles. The molecule has 0 aliphatic heterocycles. The molecule has 0 N–H and O–H groups in total. The maximum atomic E-state index is 12.3. The Hall–Kier alpha value is -1.70. The van der Waals surface area contributed by atoms with Gasteiger partial charge in [0.1, 0.15) is 16.2 Å². The van der Waals surface area contributed by atoms with Crippen LogP contribution in [0.4, 0.5) is 18.9 Å². The van der Waals surface area contributed by atoms with Crippen molar-refractivity contribution in [3.05, 3.63) is 36.7 Å². The van der Waals surface area contributed by atoms with Gasteiger partial charge in [-0.05, 0) is 60.0 Å². The van der Waals surface area contributed by atoms with E-state index in [1.54, 1.807) is 11.9 Å². The molecule has 0 saturated carbocycles. The molecule has 0 fully saturated rings. The lowest BCUT2D eigenvalue weighted by atomic mass is 10.3. The van der Waals surface area contributed by atoms with Crippen molar-refractivity contribution >= 4 is 26.2 Å². The van der Waals surface area contributed by atoms with Crippen molar-refractivity contribution in [3.8, 4) is 5.75 Å². The van der Waals surface area contributed by atoms with Gasteiger partial charge < -0.3 is 9.64 Å². The van der Waals surface area contributed by atoms with Gasteiger partial charge >= 0.3 is 6.36 Å². The quantitative estimate of drug-likeness (QED) is 0.377. The number of rotatable bonds is 9. The van der Waals surface area contributed by atoms with Crippen LogP contribution >= 0.6 is 15.9 Å². The van der Waals surface area contributed by atoms with Gasteiger partial charge in [-0.3, -0.25) is 0 Å². The highest BCUT2D eigenvalue weighted by Gasteiger charge is 2.31. The molecule has 25 heavy (non-hydrogen) atoms. The van der Waals surface area contributed by atoms with E-state index in [0.29, 0.717) is 16.1 Å². The van der Waals surface area contributed by atoms with Crippen LogP contribution in [0.3, 0.4) is 0 Å². The molecule has 8 heteroatoms. The second-order valence-corrected chi connectivity index (χ2v) is 6.50. The molecule has 0 aliphatic carbocycles. The first-order chi connectivity index (χ1) is 11.7. The third-order valence-electron chi connectivity index (χ3n) is 3.15. The Morgan fingerprint density at radius 2 is 1.68 bits per heavy atom. The van der Waals surface area contributed by atoms with Crippen LogP contribution in [-0.4, -0.2) is 29.0 Å². The minimum atomic E-state index is -4.71. The third-order valence-corrected chi connectivity index (χ3v) is 3.31. The Morgan fingerprint density at radius 3 is 2.08 bits per heavy atom. The zero-order valence-electron chi connectivity index (χ0n) is 14.6. The smallest absolute Gasteiger partial charge is 0.406 e. The van der Waals surface area contributed by atoms with Crippen molar-refractivity contribution in [1.29, 1.82) is 0 Å². The number of nitrogens with zero attached hydrogens (tertiary/aromatic N) is 3. The lowest BCUT2D eigenvalue weighted by Gasteiger charge is -2.32. The fourth-order valence-electron chi connectivity index (χ4n) is 2.23. The largest absolute Gasteiger partial charge is 0.573 e. The molecule has 140 valence electrons. The van der Waals surface area contributed by atoms with E-state index in [4.69, 9.17) is 0 Å². The first-order valence-corrected chi connectivity index (χ1v) is 8.77. The predicted octanol–water partition coefficient (Wildman–Crippen LogP) is 5.71. The summed E-state index contributed by atoms with van der Waals surface area (Å²) in [6.45, 7) is 11.7. The van der Waals surface area contributed by atoms with Gasteiger partial charge in [0.2, 0.25) is 0 Å². The summed E-state index contributed by atoms with van der Waals surface area (Å²) in [7, 11) is 0. The van der Waals surface area contributed by atoms with E-state index in [1.165, 1.54) is 24.3 Å². The molecule has 0 aliphatic rings. The Labute approximate surface area is 155 Å². The van der Waals surface area contributed by atoms with E-state index in [0.717, 1.165) is 25.9 Å². The number of alkyl halides is 3. The van der Waals surface area contributed by atoms with Crippen molar-refractivity contribution in [2.45, 2.75) is 40.0 Å². The SMILES string of the molecule is C=C(N(CCC)CCC)N(/N=C(\C)Br)c1ccc(OC(F)(F)F)cc1. The number of anilines is 1. The summed E-state index contributed by atoms with van der Waals surface area (Å²) < 4.78 is 41.4. The molecule has 0 unspecified atom stereocenters. The summed E-state index contributed by atoms with van der Waals surface area (Å²) in [5.41, 5.74) is 0.593. The lowest BCUT2D eigenvalue weighted by Crippen LogP contribution is -2.33. The summed E-state index contributed by atoms with van der Waals surface area (Å²) in [4.78, 5) is 2.10. The summed E-state index contributed by atoms with van der Waals surface area (Å²) >= 11 is 3.30. The number of ether oxygens (including phenoxy) is 1. The normalized spacial score (nSPS) is 12.0. The maximum absolute atomic E-state index is 12.3. The molecule has 1 aromatic carbocycles. The van der Waals surface area contributed by atoms with Crippen molar-refractivity contribution in [2.75, 3.05) is 18.1 Å². The van der Waals surface area contributed by atoms with E-state index < -0.39 is 6.36 Å². The number of hydrogen-bond donors (Lipinski definition) is 0. The average Bonchev–Trinajstić information content (AvgIpc) is 2.51. The third kappa shape index (κ3) is 7.37. The van der Waals surface area contributed by atoms with Crippen LogP contribution in [0.5, 0.6) is 5.75 Å². The first-order valence-electron chi connectivity index (χ1n) is 7.98. The topological polar surface area (TPSA) is 28.1 Å². The summed E-state index contributed by atoms with van der Waals surface area (Å²) in [6, 6.07) is 5.54. The van der Waals surface area contributed by atoms with Crippen LogP contribution < -0.4 is 9.75 Å². The molecule has 0 atom stereocenters. The van der Waals surface area contributed by atoms with Crippen molar-refractivity contribution in [2.24, 2.45) is 5.10 Å². The molecule has 0 spiro atoms. The Bertz CT molecular complexity index is 578. The molecule has 0 amide bonds. The Balaban J connectivity index is 3.10. The number of benzene rings is 1. The highest BCUT2D eigenvalue weighted by Crippen LogP contribution is 2.28. The van der Waals surface area contributed by atoms with Crippen molar-refractivity contribution in [3.63, 3.8) is 0 Å². The zero-order valence-corrected chi connectivity index (χ0v) is 16.2. The van der Waals surface area contributed by atoms with Crippen LogP contribution in [0.2, 0.25) is 0 Å². The monoisotopic (exact) mass is 421 g/mol. The molecule has 1 rings (SSSR count). The molecule has 0 heterocycles. The van der Waals surface area contributed by atoms with Crippen LogP contribution in [0.25, 0.3) is 0 Å². The fraction of sp³-hybridized carbons (Fsp3) is 0.471. The summed E-state index contributed by atoms with van der Waals surface area (Å²) in [5.74, 6) is 0.382. The van der Waals surface area contributed by atoms with Crippen LogP contribution in [-0.2, 0) is 0 Å². The Kier molecular flexibility index (Phi) is 8.28. The zero-order chi connectivity index (χ0) is 19.0. The van der Waals surface area contributed by atoms with E-state index >= 15 is 0 Å². The second kappa shape index (κ2) is 9.70. The highest BCUT2D eigenvalue weighted by molar-refractivity contribution is 9.18. The first kappa shape index (κ1) is 21.3. The summed E-state index contributed by atoms with van der Waals surface area (Å²) in [5, 5.41) is 6.00. The maximum Gasteiger partial charge on any atom is 0.573 e. The number of halogens is 4. The minimum Gasteiger partial charge on any atom is -0.406 e. The summed E-state index contributed by atoms with van der Waals surface area (Å²) in [6.07, 6.45) is -2.82. The number of hydrogen-bond acceptors (Lipinski definition) is 4.